The van der Waals surface area contributed by atoms with Gasteiger partial charge in [0.25, 0.3) is 0 Å². The molecule has 2 aromatic carbocycles. The molecule has 1 heterocycles. The molecule has 2 amide bonds. The van der Waals surface area contributed by atoms with Crippen LogP contribution in [0.1, 0.15) is 31.9 Å². The fourth-order valence-corrected chi connectivity index (χ4v) is 3.71. The number of nitrogens with two attached hydrogens (primary N) is 1. The highest BCUT2D eigenvalue weighted by Gasteiger charge is 2.10. The van der Waals surface area contributed by atoms with Gasteiger partial charge in [-0.2, -0.15) is 0 Å². The summed E-state index contributed by atoms with van der Waals surface area (Å²) in [4.78, 5) is 11.4. The summed E-state index contributed by atoms with van der Waals surface area (Å²) >= 11 is 1.76. The Kier molecular flexibility index (Phi) is 11.5. The predicted octanol–water partition coefficient (Wildman–Crippen LogP) is 4.68. The van der Waals surface area contributed by atoms with Crippen LogP contribution >= 0.6 is 11.3 Å². The number of phenolic OH excluding ortho intramolecular Hbond substituents is 1. The number of hydrogen-bond donors (Lipinski definition) is 4. The smallest absolute Gasteiger partial charge is 0.314 e. The molecule has 158 valence electrons. The van der Waals surface area contributed by atoms with E-state index in [1.165, 1.54) is 28.3 Å². The van der Waals surface area contributed by atoms with Crippen molar-refractivity contribution < 1.29 is 9.90 Å². The van der Waals surface area contributed by atoms with Gasteiger partial charge < -0.3 is 21.5 Å². The highest BCUT2D eigenvalue weighted by molar-refractivity contribution is 7.17. The molecule has 1 atom stereocenters. The van der Waals surface area contributed by atoms with Crippen molar-refractivity contribution in [3.8, 4) is 5.75 Å². The largest absolute Gasteiger partial charge is 0.508 e. The summed E-state index contributed by atoms with van der Waals surface area (Å²) in [7, 11) is 1.50. The minimum atomic E-state index is -0.0930. The quantitative estimate of drug-likeness (QED) is 0.488. The van der Waals surface area contributed by atoms with Crippen LogP contribution in [-0.2, 0) is 12.8 Å². The molecule has 0 aliphatic carbocycles. The maximum atomic E-state index is 11.4. The molecule has 3 aromatic rings. The van der Waals surface area contributed by atoms with Crippen molar-refractivity contribution in [1.29, 1.82) is 0 Å². The average Bonchev–Trinajstić information content (AvgIpc) is 3.13. The number of amides is 2. The first kappa shape index (κ1) is 24.5. The lowest BCUT2D eigenvalue weighted by Gasteiger charge is -2.13. The van der Waals surface area contributed by atoms with Crippen molar-refractivity contribution in [2.24, 2.45) is 5.73 Å². The Hall–Kier alpha value is -2.57. The molecule has 1 unspecified atom stereocenters. The molecule has 0 radical (unpaired) electrons. The summed E-state index contributed by atoms with van der Waals surface area (Å²) in [6, 6.07) is 15.7. The van der Waals surface area contributed by atoms with Crippen LogP contribution in [0.3, 0.4) is 0 Å². The SMILES string of the molecule is CCNC(=O)NC(C)Cc1csc2ccccc12.CCc1ccc(O)cc1.CN. The number of hydrogen-bond acceptors (Lipinski definition) is 4. The van der Waals surface area contributed by atoms with Crippen LogP contribution in [0.15, 0.2) is 53.9 Å². The molecular weight excluding hydrogens is 382 g/mol. The number of carbonyl (C=O) groups is 1. The van der Waals surface area contributed by atoms with E-state index in [2.05, 4.69) is 52.9 Å². The van der Waals surface area contributed by atoms with Crippen LogP contribution in [0.2, 0.25) is 0 Å². The highest BCUT2D eigenvalue weighted by Crippen LogP contribution is 2.26. The summed E-state index contributed by atoms with van der Waals surface area (Å²) in [5.41, 5.74) is 7.06. The normalized spacial score (nSPS) is 10.8. The van der Waals surface area contributed by atoms with E-state index in [-0.39, 0.29) is 12.1 Å². The zero-order chi connectivity index (χ0) is 21.6. The maximum Gasteiger partial charge on any atom is 0.314 e. The molecule has 6 heteroatoms. The molecule has 0 saturated carbocycles. The summed E-state index contributed by atoms with van der Waals surface area (Å²) < 4.78 is 1.30. The molecule has 5 nitrogen and oxygen atoms in total. The van der Waals surface area contributed by atoms with E-state index in [4.69, 9.17) is 5.11 Å². The van der Waals surface area contributed by atoms with Gasteiger partial charge in [-0.05, 0) is 73.8 Å². The predicted molar refractivity (Wildman–Crippen MR) is 125 cm³/mol. The molecule has 0 bridgehead atoms. The second-order valence-corrected chi connectivity index (χ2v) is 7.30. The van der Waals surface area contributed by atoms with Gasteiger partial charge in [-0.25, -0.2) is 4.79 Å². The Morgan fingerprint density at radius 2 is 1.76 bits per heavy atom. The Morgan fingerprint density at radius 1 is 1.10 bits per heavy atom. The zero-order valence-corrected chi connectivity index (χ0v) is 18.6. The van der Waals surface area contributed by atoms with Crippen LogP contribution in [0.25, 0.3) is 10.1 Å². The first-order valence-electron chi connectivity index (χ1n) is 9.88. The molecule has 0 aliphatic rings. The van der Waals surface area contributed by atoms with Gasteiger partial charge in [0, 0.05) is 17.3 Å². The van der Waals surface area contributed by atoms with E-state index in [1.807, 2.05) is 26.0 Å². The van der Waals surface area contributed by atoms with Gasteiger partial charge in [0.1, 0.15) is 5.75 Å². The molecule has 5 N–H and O–H groups in total. The Balaban J connectivity index is 0.000000321. The monoisotopic (exact) mass is 415 g/mol. The van der Waals surface area contributed by atoms with Gasteiger partial charge in [0.05, 0.1) is 0 Å². The minimum Gasteiger partial charge on any atom is -0.508 e. The third-order valence-electron chi connectivity index (χ3n) is 4.15. The molecule has 3 rings (SSSR count). The lowest BCUT2D eigenvalue weighted by atomic mass is 10.1. The molecule has 0 fully saturated rings. The minimum absolute atomic E-state index is 0.0930. The molecule has 1 aromatic heterocycles. The van der Waals surface area contributed by atoms with Crippen LogP contribution in [0, 0.1) is 0 Å². The van der Waals surface area contributed by atoms with Crippen LogP contribution in [0.4, 0.5) is 4.79 Å². The summed E-state index contributed by atoms with van der Waals surface area (Å²) in [5.74, 6) is 0.340. The zero-order valence-electron chi connectivity index (χ0n) is 17.7. The van der Waals surface area contributed by atoms with Crippen molar-refractivity contribution in [2.75, 3.05) is 13.6 Å². The van der Waals surface area contributed by atoms with Gasteiger partial charge in [-0.1, -0.05) is 37.3 Å². The molecule has 29 heavy (non-hydrogen) atoms. The first-order chi connectivity index (χ1) is 14.0. The average molecular weight is 416 g/mol. The fourth-order valence-electron chi connectivity index (χ4n) is 2.74. The summed E-state index contributed by atoms with van der Waals surface area (Å²) in [5, 5.41) is 18.0. The van der Waals surface area contributed by atoms with Gasteiger partial charge in [-0.15, -0.1) is 11.3 Å². The highest BCUT2D eigenvalue weighted by atomic mass is 32.1. The molecule has 0 aliphatic heterocycles. The molecule has 0 saturated heterocycles. The first-order valence-corrected chi connectivity index (χ1v) is 10.8. The van der Waals surface area contributed by atoms with Crippen molar-refractivity contribution >= 4 is 27.5 Å². The summed E-state index contributed by atoms with van der Waals surface area (Å²) in [6.45, 7) is 6.69. The van der Waals surface area contributed by atoms with Crippen molar-refractivity contribution in [3.63, 3.8) is 0 Å². The van der Waals surface area contributed by atoms with Gasteiger partial charge in [0.15, 0.2) is 0 Å². The second-order valence-electron chi connectivity index (χ2n) is 6.39. The number of fused-ring (bicyclic) bond motifs is 1. The lowest BCUT2D eigenvalue weighted by molar-refractivity contribution is 0.238. The van der Waals surface area contributed by atoms with E-state index in [0.717, 1.165) is 12.8 Å². The Labute approximate surface area is 178 Å². The maximum absolute atomic E-state index is 11.4. The Morgan fingerprint density at radius 3 is 2.38 bits per heavy atom. The van der Waals surface area contributed by atoms with Gasteiger partial charge in [-0.3, -0.25) is 0 Å². The number of carbonyl (C=O) groups excluding carboxylic acids is 1. The number of benzene rings is 2. The van der Waals surface area contributed by atoms with E-state index in [9.17, 15) is 4.79 Å². The number of thiophene rings is 1. The van der Waals surface area contributed by atoms with Crippen molar-refractivity contribution in [1.82, 2.24) is 10.6 Å². The van der Waals surface area contributed by atoms with E-state index in [1.54, 1.807) is 23.5 Å². The third-order valence-corrected chi connectivity index (χ3v) is 5.16. The third kappa shape index (κ3) is 8.54. The second kappa shape index (κ2) is 13.6. The lowest BCUT2D eigenvalue weighted by Crippen LogP contribution is -2.41. The van der Waals surface area contributed by atoms with Crippen LogP contribution < -0.4 is 16.4 Å². The molecule has 0 spiro atoms. The number of rotatable bonds is 5. The van der Waals surface area contributed by atoms with Crippen molar-refractivity contribution in [3.05, 3.63) is 65.0 Å². The number of urea groups is 1. The van der Waals surface area contributed by atoms with Gasteiger partial charge >= 0.3 is 6.03 Å². The number of phenols is 1. The van der Waals surface area contributed by atoms with E-state index < -0.39 is 0 Å². The summed E-state index contributed by atoms with van der Waals surface area (Å²) in [6.07, 6.45) is 1.89. The standard InChI is InChI=1S/C14H18N2OS.C8H10O.CH5N/c1-3-15-14(17)16-10(2)8-11-9-18-13-7-5-4-6-12(11)13;1-2-7-3-5-8(9)6-4-7;1-2/h4-7,9-10H,3,8H2,1-2H3,(H2,15,16,17);3-6,9H,2H2,1H3;2H2,1H3. The number of aryl methyl sites for hydroxylation is 1. The van der Waals surface area contributed by atoms with E-state index >= 15 is 0 Å². The fraction of sp³-hybridized carbons (Fsp3) is 0.348. The van der Waals surface area contributed by atoms with Crippen LogP contribution in [-0.4, -0.2) is 30.8 Å². The number of nitrogens with one attached hydrogen (secondary N) is 2. The van der Waals surface area contributed by atoms with Crippen LogP contribution in [0.5, 0.6) is 5.75 Å². The topological polar surface area (TPSA) is 87.4 Å². The van der Waals surface area contributed by atoms with E-state index in [0.29, 0.717) is 12.3 Å². The molecular formula is C23H33N3O2S. The van der Waals surface area contributed by atoms with Crippen molar-refractivity contribution in [2.45, 2.75) is 39.7 Å². The van der Waals surface area contributed by atoms with Gasteiger partial charge in [0.2, 0.25) is 0 Å². The Bertz CT molecular complexity index is 847. The number of aromatic hydroxyl groups is 1.